The number of ether oxygens (including phenoxy) is 2. The van der Waals surface area contributed by atoms with Crippen LogP contribution in [-0.4, -0.2) is 36.5 Å². The molecule has 0 saturated carbocycles. The van der Waals surface area contributed by atoms with Crippen molar-refractivity contribution in [1.29, 1.82) is 0 Å². The highest BCUT2D eigenvalue weighted by molar-refractivity contribution is 6.06. The molecule has 0 spiro atoms. The first-order valence-electron chi connectivity index (χ1n) is 7.75. The molecular weight excluding hydrogens is 296 g/mol. The number of carbonyl (C=O) groups is 1. The van der Waals surface area contributed by atoms with Gasteiger partial charge in [-0.05, 0) is 25.5 Å². The third-order valence-corrected chi connectivity index (χ3v) is 3.87. The van der Waals surface area contributed by atoms with Gasteiger partial charge in [-0.3, -0.25) is 9.59 Å². The molecule has 1 aliphatic rings. The molecule has 1 amide bonds. The molecule has 2 heterocycles. The van der Waals surface area contributed by atoms with Crippen molar-refractivity contribution in [2.45, 2.75) is 26.7 Å². The Morgan fingerprint density at radius 2 is 2.04 bits per heavy atom. The smallest absolute Gasteiger partial charge is 0.252 e. The summed E-state index contributed by atoms with van der Waals surface area (Å²) in [6, 6.07) is 7.11. The quantitative estimate of drug-likeness (QED) is 0.926. The van der Waals surface area contributed by atoms with E-state index in [9.17, 15) is 9.59 Å². The number of nitrogens with one attached hydrogen (secondary N) is 1. The first-order valence-corrected chi connectivity index (χ1v) is 7.75. The van der Waals surface area contributed by atoms with E-state index in [-0.39, 0.29) is 11.5 Å². The number of hydrogen-bond acceptors (Lipinski definition) is 4. The molecule has 1 aromatic heterocycles. The molecule has 23 heavy (non-hydrogen) atoms. The number of aromatic nitrogens is 1. The summed E-state index contributed by atoms with van der Waals surface area (Å²) in [6.07, 6.45) is -0.424. The number of fused-ring (bicyclic) bond motifs is 1. The Hall–Kier alpha value is -2.18. The normalized spacial score (nSPS) is 15.2. The highest BCUT2D eigenvalue weighted by atomic mass is 16.7. The first kappa shape index (κ1) is 15.7. The van der Waals surface area contributed by atoms with E-state index in [1.165, 1.54) is 6.07 Å². The summed E-state index contributed by atoms with van der Waals surface area (Å²) in [5.41, 5.74) is 1.91. The lowest BCUT2D eigenvalue weighted by Gasteiger charge is -2.16. The molecule has 1 aromatic carbocycles. The van der Waals surface area contributed by atoms with Crippen LogP contribution in [0.4, 0.5) is 0 Å². The van der Waals surface area contributed by atoms with Crippen molar-refractivity contribution in [3.63, 3.8) is 0 Å². The molecule has 0 atom stereocenters. The molecule has 6 nitrogen and oxygen atoms in total. The van der Waals surface area contributed by atoms with Crippen molar-refractivity contribution in [2.24, 2.45) is 0 Å². The first-order chi connectivity index (χ1) is 11.1. The Kier molecular flexibility index (Phi) is 4.45. The molecule has 1 saturated heterocycles. The predicted molar refractivity (Wildman–Crippen MR) is 86.6 cm³/mol. The maximum Gasteiger partial charge on any atom is 0.252 e. The minimum absolute atomic E-state index is 0.233. The lowest BCUT2D eigenvalue weighted by atomic mass is 10.1. The van der Waals surface area contributed by atoms with Gasteiger partial charge in [0.05, 0.1) is 30.8 Å². The van der Waals surface area contributed by atoms with Gasteiger partial charge in [0.15, 0.2) is 6.29 Å². The van der Waals surface area contributed by atoms with Gasteiger partial charge in [-0.15, -0.1) is 0 Å². The van der Waals surface area contributed by atoms with E-state index in [0.29, 0.717) is 31.9 Å². The van der Waals surface area contributed by atoms with Gasteiger partial charge in [0.1, 0.15) is 0 Å². The molecule has 0 bridgehead atoms. The Morgan fingerprint density at radius 1 is 1.30 bits per heavy atom. The SMILES string of the molecule is CCNC(=O)c1cc(=O)n(CC2OCCO2)c2cc(C)ccc12. The van der Waals surface area contributed by atoms with Gasteiger partial charge in [-0.2, -0.15) is 0 Å². The van der Waals surface area contributed by atoms with Gasteiger partial charge in [0.2, 0.25) is 0 Å². The predicted octanol–water partition coefficient (Wildman–Crippen LogP) is 1.43. The lowest BCUT2D eigenvalue weighted by molar-refractivity contribution is -0.0522. The molecule has 2 aromatic rings. The highest BCUT2D eigenvalue weighted by Crippen LogP contribution is 2.20. The van der Waals surface area contributed by atoms with Gasteiger partial charge in [-0.25, -0.2) is 0 Å². The van der Waals surface area contributed by atoms with E-state index in [4.69, 9.17) is 9.47 Å². The third-order valence-electron chi connectivity index (χ3n) is 3.87. The fourth-order valence-electron chi connectivity index (χ4n) is 2.78. The Labute approximate surface area is 134 Å². The monoisotopic (exact) mass is 316 g/mol. The van der Waals surface area contributed by atoms with Crippen LogP contribution in [0.5, 0.6) is 0 Å². The number of aryl methyl sites for hydroxylation is 1. The van der Waals surface area contributed by atoms with E-state index < -0.39 is 6.29 Å². The van der Waals surface area contributed by atoms with E-state index in [2.05, 4.69) is 5.32 Å². The molecule has 0 aliphatic carbocycles. The van der Waals surface area contributed by atoms with Crippen LogP contribution >= 0.6 is 0 Å². The topological polar surface area (TPSA) is 69.6 Å². The van der Waals surface area contributed by atoms with Gasteiger partial charge in [0.25, 0.3) is 11.5 Å². The number of amides is 1. The van der Waals surface area contributed by atoms with Crippen molar-refractivity contribution in [3.05, 3.63) is 45.7 Å². The number of pyridine rings is 1. The second kappa shape index (κ2) is 6.52. The molecule has 0 radical (unpaired) electrons. The minimum atomic E-state index is -0.424. The van der Waals surface area contributed by atoms with Crippen molar-refractivity contribution in [3.8, 4) is 0 Å². The van der Waals surface area contributed by atoms with E-state index in [1.54, 1.807) is 4.57 Å². The maximum atomic E-state index is 12.5. The molecule has 1 N–H and O–H groups in total. The summed E-state index contributed by atoms with van der Waals surface area (Å²) < 4.78 is 12.5. The minimum Gasteiger partial charge on any atom is -0.352 e. The summed E-state index contributed by atoms with van der Waals surface area (Å²) in [4.78, 5) is 24.8. The number of nitrogens with zero attached hydrogens (tertiary/aromatic N) is 1. The van der Waals surface area contributed by atoms with Gasteiger partial charge >= 0.3 is 0 Å². The zero-order valence-electron chi connectivity index (χ0n) is 13.3. The fourth-order valence-corrected chi connectivity index (χ4v) is 2.78. The van der Waals surface area contributed by atoms with Crippen molar-refractivity contribution in [1.82, 2.24) is 9.88 Å². The summed E-state index contributed by atoms with van der Waals surface area (Å²) in [5.74, 6) is -0.237. The van der Waals surface area contributed by atoms with Crippen LogP contribution in [0.25, 0.3) is 10.9 Å². The fraction of sp³-hybridized carbons (Fsp3) is 0.412. The summed E-state index contributed by atoms with van der Waals surface area (Å²) in [7, 11) is 0. The van der Waals surface area contributed by atoms with E-state index in [1.807, 2.05) is 32.0 Å². The molecule has 1 fully saturated rings. The standard InChI is InChI=1S/C17H20N2O4/c1-3-18-17(21)13-9-15(20)19(10-16-22-6-7-23-16)14-8-11(2)4-5-12(13)14/h4-5,8-9,16H,3,6-7,10H2,1-2H3,(H,18,21). The molecular formula is C17H20N2O4. The molecule has 6 heteroatoms. The van der Waals surface area contributed by atoms with Crippen LogP contribution in [0.1, 0.15) is 22.8 Å². The largest absolute Gasteiger partial charge is 0.352 e. The van der Waals surface area contributed by atoms with Crippen LogP contribution in [0.15, 0.2) is 29.1 Å². The zero-order chi connectivity index (χ0) is 16.4. The van der Waals surface area contributed by atoms with Gasteiger partial charge in [0, 0.05) is 18.0 Å². The van der Waals surface area contributed by atoms with Crippen molar-refractivity contribution in [2.75, 3.05) is 19.8 Å². The van der Waals surface area contributed by atoms with Crippen molar-refractivity contribution < 1.29 is 14.3 Å². The summed E-state index contributed by atoms with van der Waals surface area (Å²) >= 11 is 0. The molecule has 1 aliphatic heterocycles. The summed E-state index contributed by atoms with van der Waals surface area (Å²) in [5, 5.41) is 3.50. The third kappa shape index (κ3) is 3.13. The highest BCUT2D eigenvalue weighted by Gasteiger charge is 2.20. The van der Waals surface area contributed by atoms with Crippen LogP contribution < -0.4 is 10.9 Å². The van der Waals surface area contributed by atoms with E-state index in [0.717, 1.165) is 16.5 Å². The average molecular weight is 316 g/mol. The van der Waals surface area contributed by atoms with Crippen LogP contribution in [0.3, 0.4) is 0 Å². The Balaban J connectivity index is 2.14. The second-order valence-electron chi connectivity index (χ2n) is 5.56. The zero-order valence-corrected chi connectivity index (χ0v) is 13.3. The van der Waals surface area contributed by atoms with Gasteiger partial charge in [-0.1, -0.05) is 12.1 Å². The lowest BCUT2D eigenvalue weighted by Crippen LogP contribution is -2.30. The van der Waals surface area contributed by atoms with Crippen molar-refractivity contribution >= 4 is 16.8 Å². The molecule has 122 valence electrons. The number of carbonyl (C=O) groups excluding carboxylic acids is 1. The van der Waals surface area contributed by atoms with Crippen LogP contribution in [-0.2, 0) is 16.0 Å². The molecule has 3 rings (SSSR count). The van der Waals surface area contributed by atoms with Crippen LogP contribution in [0, 0.1) is 6.92 Å². The van der Waals surface area contributed by atoms with Crippen LogP contribution in [0.2, 0.25) is 0 Å². The Morgan fingerprint density at radius 3 is 2.74 bits per heavy atom. The second-order valence-corrected chi connectivity index (χ2v) is 5.56. The average Bonchev–Trinajstić information content (AvgIpc) is 3.03. The van der Waals surface area contributed by atoms with E-state index >= 15 is 0 Å². The summed E-state index contributed by atoms with van der Waals surface area (Å²) in [6.45, 7) is 5.70. The number of rotatable bonds is 4. The molecule has 0 unspecified atom stereocenters. The Bertz CT molecular complexity index is 791. The maximum absolute atomic E-state index is 12.5. The number of benzene rings is 1. The number of hydrogen-bond donors (Lipinski definition) is 1. The van der Waals surface area contributed by atoms with Gasteiger partial charge < -0.3 is 19.4 Å².